The highest BCUT2D eigenvalue weighted by Crippen LogP contribution is 2.36. The molecule has 2 N–H and O–H groups in total. The average molecular weight is 619 g/mol. The minimum absolute atomic E-state index is 0.0110. The highest BCUT2D eigenvalue weighted by atomic mass is 79.9. The Kier molecular flexibility index (Phi) is 7.26. The topological polar surface area (TPSA) is 102 Å². The number of H-pyrrole nitrogens is 2. The number of para-hydroxylation sites is 1. The molecule has 2 aromatic carbocycles. The molecule has 0 spiro atoms. The SMILES string of the molecule is CC(C)(C)CN1Cc2c(cc(Br)c3[nH]ncc23)CC(CC(=O)N2CCC(c3cc4ccccc4[nH]c3=O)CC2)C1=O. The molecule has 1 saturated heterocycles. The van der Waals surface area contributed by atoms with E-state index in [0.29, 0.717) is 32.6 Å². The summed E-state index contributed by atoms with van der Waals surface area (Å²) in [4.78, 5) is 47.2. The van der Waals surface area contributed by atoms with Crippen LogP contribution in [0.2, 0.25) is 0 Å². The molecule has 1 unspecified atom stereocenters. The molecule has 6 rings (SSSR count). The van der Waals surface area contributed by atoms with E-state index in [2.05, 4.69) is 57.9 Å². The smallest absolute Gasteiger partial charge is 0.251 e. The van der Waals surface area contributed by atoms with Gasteiger partial charge in [-0.05, 0) is 81.2 Å². The number of nitrogens with zero attached hydrogens (tertiary/aromatic N) is 3. The fraction of sp³-hybridized carbons (Fsp3) is 0.438. The number of aromatic nitrogens is 3. The molecule has 0 saturated carbocycles. The van der Waals surface area contributed by atoms with E-state index in [1.54, 1.807) is 0 Å². The maximum absolute atomic E-state index is 13.9. The Bertz CT molecular complexity index is 1690. The predicted octanol–water partition coefficient (Wildman–Crippen LogP) is 5.51. The summed E-state index contributed by atoms with van der Waals surface area (Å²) in [5.74, 6) is -0.272. The second kappa shape index (κ2) is 10.7. The summed E-state index contributed by atoms with van der Waals surface area (Å²) in [7, 11) is 0. The van der Waals surface area contributed by atoms with Crippen LogP contribution >= 0.6 is 15.9 Å². The van der Waals surface area contributed by atoms with Crippen molar-refractivity contribution >= 4 is 49.6 Å². The first-order valence-corrected chi connectivity index (χ1v) is 15.2. The van der Waals surface area contributed by atoms with Crippen molar-refractivity contribution in [3.05, 3.63) is 74.1 Å². The van der Waals surface area contributed by atoms with Gasteiger partial charge >= 0.3 is 0 Å². The standard InChI is InChI=1S/C32H36BrN5O3/c1-32(2,3)18-38-17-25-21(14-26(33)29-24(25)16-34-36-29)12-22(31(38)41)15-28(39)37-10-8-19(9-11-37)23-13-20-6-4-5-7-27(20)35-30(23)40/h4-7,13-14,16,19,22H,8-12,15,17-18H2,1-3H3,(H,34,36)(H,35,40). The van der Waals surface area contributed by atoms with Crippen LogP contribution in [0.1, 0.15) is 62.6 Å². The van der Waals surface area contributed by atoms with Crippen molar-refractivity contribution < 1.29 is 9.59 Å². The minimum Gasteiger partial charge on any atom is -0.343 e. The number of rotatable bonds is 4. The number of pyridine rings is 1. The van der Waals surface area contributed by atoms with Gasteiger partial charge in [0, 0.05) is 53.5 Å². The van der Waals surface area contributed by atoms with E-state index >= 15 is 0 Å². The molecule has 0 radical (unpaired) electrons. The summed E-state index contributed by atoms with van der Waals surface area (Å²) in [6.45, 7) is 8.67. The Labute approximate surface area is 247 Å². The van der Waals surface area contributed by atoms with Crippen molar-refractivity contribution in [1.29, 1.82) is 0 Å². The van der Waals surface area contributed by atoms with Crippen LogP contribution < -0.4 is 5.56 Å². The van der Waals surface area contributed by atoms with Crippen LogP contribution in [0.5, 0.6) is 0 Å². The summed E-state index contributed by atoms with van der Waals surface area (Å²) in [6.07, 6.45) is 3.99. The van der Waals surface area contributed by atoms with Crippen LogP contribution in [-0.4, -0.2) is 56.4 Å². The first-order valence-electron chi connectivity index (χ1n) is 14.4. The maximum Gasteiger partial charge on any atom is 0.251 e. The highest BCUT2D eigenvalue weighted by molar-refractivity contribution is 9.10. The summed E-state index contributed by atoms with van der Waals surface area (Å²) >= 11 is 3.67. The predicted molar refractivity (Wildman–Crippen MR) is 164 cm³/mol. The van der Waals surface area contributed by atoms with Crippen molar-refractivity contribution in [3.63, 3.8) is 0 Å². The minimum atomic E-state index is -0.427. The van der Waals surface area contributed by atoms with Gasteiger partial charge in [-0.1, -0.05) is 39.0 Å². The number of likely N-dealkylation sites (tertiary alicyclic amines) is 1. The summed E-state index contributed by atoms with van der Waals surface area (Å²) in [5.41, 5.74) is 4.61. The molecule has 1 fully saturated rings. The lowest BCUT2D eigenvalue weighted by Crippen LogP contribution is -2.43. The first kappa shape index (κ1) is 27.7. The maximum atomic E-state index is 13.9. The van der Waals surface area contributed by atoms with Gasteiger partial charge in [0.05, 0.1) is 17.6 Å². The number of halogens is 1. The van der Waals surface area contributed by atoms with Crippen LogP contribution in [0.4, 0.5) is 0 Å². The van der Waals surface area contributed by atoms with E-state index in [-0.39, 0.29) is 35.1 Å². The Hall–Kier alpha value is -3.46. The van der Waals surface area contributed by atoms with Gasteiger partial charge in [0.25, 0.3) is 5.56 Å². The summed E-state index contributed by atoms with van der Waals surface area (Å²) in [5, 5.41) is 9.35. The fourth-order valence-corrected chi connectivity index (χ4v) is 7.12. The lowest BCUT2D eigenvalue weighted by atomic mass is 9.88. The Morgan fingerprint density at radius 1 is 1.12 bits per heavy atom. The molecule has 4 aromatic rings. The van der Waals surface area contributed by atoms with Gasteiger partial charge in [-0.25, -0.2) is 0 Å². The number of fused-ring (bicyclic) bond motifs is 4. The van der Waals surface area contributed by atoms with Crippen LogP contribution in [-0.2, 0) is 22.6 Å². The lowest BCUT2D eigenvalue weighted by Gasteiger charge is -2.34. The van der Waals surface area contributed by atoms with Gasteiger partial charge in [0.1, 0.15) is 0 Å². The lowest BCUT2D eigenvalue weighted by molar-refractivity contribution is -0.142. The van der Waals surface area contributed by atoms with E-state index in [9.17, 15) is 14.4 Å². The van der Waals surface area contributed by atoms with Crippen molar-refractivity contribution in [2.24, 2.45) is 11.3 Å². The van der Waals surface area contributed by atoms with Gasteiger partial charge in [-0.2, -0.15) is 5.10 Å². The molecular weight excluding hydrogens is 582 g/mol. The summed E-state index contributed by atoms with van der Waals surface area (Å²) in [6, 6.07) is 11.9. The molecule has 2 amide bonds. The zero-order chi connectivity index (χ0) is 28.9. The van der Waals surface area contributed by atoms with Crippen LogP contribution in [0.15, 0.2) is 51.9 Å². The number of hydrogen-bond donors (Lipinski definition) is 2. The molecule has 1 atom stereocenters. The van der Waals surface area contributed by atoms with Gasteiger partial charge in [0.15, 0.2) is 0 Å². The average Bonchev–Trinajstić information content (AvgIpc) is 3.39. The number of carbonyl (C=O) groups excluding carboxylic acids is 2. The molecule has 4 heterocycles. The largest absolute Gasteiger partial charge is 0.343 e. The first-order chi connectivity index (χ1) is 19.6. The zero-order valence-corrected chi connectivity index (χ0v) is 25.4. The number of hydrogen-bond acceptors (Lipinski definition) is 4. The fourth-order valence-electron chi connectivity index (χ4n) is 6.54. The molecular formula is C32H36BrN5O3. The van der Waals surface area contributed by atoms with Gasteiger partial charge in [-0.15, -0.1) is 0 Å². The third kappa shape index (κ3) is 5.56. The molecule has 2 aliphatic heterocycles. The number of nitrogens with one attached hydrogen (secondary N) is 2. The number of carbonyl (C=O) groups is 2. The van der Waals surface area contributed by atoms with Crippen molar-refractivity contribution in [2.75, 3.05) is 19.6 Å². The quantitative estimate of drug-likeness (QED) is 0.315. The molecule has 41 heavy (non-hydrogen) atoms. The van der Waals surface area contributed by atoms with Crippen molar-refractivity contribution in [3.8, 4) is 0 Å². The van der Waals surface area contributed by atoms with Gasteiger partial charge in [-0.3, -0.25) is 19.5 Å². The molecule has 8 nitrogen and oxygen atoms in total. The van der Waals surface area contributed by atoms with E-state index < -0.39 is 5.92 Å². The van der Waals surface area contributed by atoms with E-state index in [1.165, 1.54) is 0 Å². The molecule has 9 heteroatoms. The Morgan fingerprint density at radius 3 is 2.63 bits per heavy atom. The van der Waals surface area contributed by atoms with Gasteiger partial charge < -0.3 is 14.8 Å². The van der Waals surface area contributed by atoms with E-state index in [1.807, 2.05) is 46.3 Å². The van der Waals surface area contributed by atoms with E-state index in [4.69, 9.17) is 0 Å². The molecule has 2 aromatic heterocycles. The van der Waals surface area contributed by atoms with Crippen molar-refractivity contribution in [1.82, 2.24) is 25.0 Å². The normalized spacial score (nSPS) is 18.6. The Morgan fingerprint density at radius 2 is 1.88 bits per heavy atom. The Balaban J connectivity index is 1.20. The molecule has 214 valence electrons. The van der Waals surface area contributed by atoms with E-state index in [0.717, 1.165) is 55.8 Å². The monoisotopic (exact) mass is 617 g/mol. The molecule has 0 aliphatic carbocycles. The number of benzene rings is 2. The third-order valence-corrected chi connectivity index (χ3v) is 9.15. The van der Waals surface area contributed by atoms with Crippen molar-refractivity contribution in [2.45, 2.75) is 58.9 Å². The highest BCUT2D eigenvalue weighted by Gasteiger charge is 2.36. The number of piperidine rings is 1. The zero-order valence-electron chi connectivity index (χ0n) is 23.8. The number of amides is 2. The molecule has 2 aliphatic rings. The third-order valence-electron chi connectivity index (χ3n) is 8.52. The second-order valence-electron chi connectivity index (χ2n) is 12.8. The van der Waals surface area contributed by atoms with Gasteiger partial charge in [0.2, 0.25) is 11.8 Å². The van der Waals surface area contributed by atoms with Crippen LogP contribution in [0.25, 0.3) is 21.8 Å². The summed E-state index contributed by atoms with van der Waals surface area (Å²) < 4.78 is 0.913. The molecule has 0 bridgehead atoms. The van der Waals surface area contributed by atoms with Crippen LogP contribution in [0, 0.1) is 11.3 Å². The second-order valence-corrected chi connectivity index (χ2v) is 13.7. The van der Waals surface area contributed by atoms with Crippen LogP contribution in [0.3, 0.4) is 0 Å². The number of aromatic amines is 2.